The molecule has 0 aliphatic rings. The maximum absolute atomic E-state index is 12.9. The molecule has 0 heterocycles. The van der Waals surface area contributed by atoms with Gasteiger partial charge in [0.15, 0.2) is 6.61 Å². The predicted octanol–water partition coefficient (Wildman–Crippen LogP) is 3.29. The van der Waals surface area contributed by atoms with Gasteiger partial charge in [-0.25, -0.2) is 4.79 Å². The van der Waals surface area contributed by atoms with Crippen LogP contribution in [0, 0.1) is 10.1 Å². The van der Waals surface area contributed by atoms with E-state index in [0.29, 0.717) is 22.8 Å². The first kappa shape index (κ1) is 26.9. The average Bonchev–Trinajstić information content (AvgIpc) is 2.79. The second kappa shape index (κ2) is 13.4. The fourth-order valence-corrected chi connectivity index (χ4v) is 3.56. The van der Waals surface area contributed by atoms with Crippen molar-refractivity contribution in [2.75, 3.05) is 19.8 Å². The Hall–Kier alpha value is -3.37. The molecule has 184 valence electrons. The molecule has 0 saturated heterocycles. The zero-order valence-electron chi connectivity index (χ0n) is 18.6. The van der Waals surface area contributed by atoms with E-state index in [1.165, 1.54) is 4.90 Å². The molecule has 2 rings (SSSR count). The first-order chi connectivity index (χ1) is 16.2. The van der Waals surface area contributed by atoms with Gasteiger partial charge in [-0.2, -0.15) is 0 Å². The third kappa shape index (κ3) is 9.24. The molecular formula is C23H27ClN2O8. The van der Waals surface area contributed by atoms with Crippen LogP contribution in [0.2, 0.25) is 5.02 Å². The van der Waals surface area contributed by atoms with Gasteiger partial charge in [0, 0.05) is 17.5 Å². The smallest absolute Gasteiger partial charge is 0.341 e. The highest BCUT2D eigenvalue weighted by Crippen LogP contribution is 2.22. The Morgan fingerprint density at radius 1 is 1.21 bits per heavy atom. The van der Waals surface area contributed by atoms with Gasteiger partial charge >= 0.3 is 5.97 Å². The minimum Gasteiger partial charge on any atom is -0.482 e. The number of aliphatic hydroxyl groups is 1. The van der Waals surface area contributed by atoms with Gasteiger partial charge in [-0.05, 0) is 55.2 Å². The maximum Gasteiger partial charge on any atom is 0.341 e. The number of carbonyl (C=O) groups excluding carboxylic acids is 1. The zero-order valence-corrected chi connectivity index (χ0v) is 19.4. The van der Waals surface area contributed by atoms with E-state index in [9.17, 15) is 24.8 Å². The number of aliphatic hydroxyl groups excluding tert-OH is 1. The lowest BCUT2D eigenvalue weighted by Gasteiger charge is -2.32. The molecular weight excluding hydrogens is 468 g/mol. The summed E-state index contributed by atoms with van der Waals surface area (Å²) in [6, 6.07) is 13.2. The molecule has 10 nitrogen and oxygen atoms in total. The van der Waals surface area contributed by atoms with Crippen LogP contribution in [0.1, 0.15) is 37.0 Å². The first-order valence-electron chi connectivity index (χ1n) is 10.6. The van der Waals surface area contributed by atoms with E-state index in [2.05, 4.69) is 4.84 Å². The predicted molar refractivity (Wildman–Crippen MR) is 123 cm³/mol. The second-order valence-corrected chi connectivity index (χ2v) is 8.09. The van der Waals surface area contributed by atoms with Gasteiger partial charge in [0.05, 0.1) is 19.3 Å². The van der Waals surface area contributed by atoms with Crippen molar-refractivity contribution in [1.29, 1.82) is 0 Å². The molecule has 0 aliphatic carbocycles. The number of carboxylic acids is 1. The molecule has 2 unspecified atom stereocenters. The number of ether oxygens (including phenoxy) is 1. The first-order valence-corrected chi connectivity index (χ1v) is 11.0. The van der Waals surface area contributed by atoms with Crippen molar-refractivity contribution < 1.29 is 34.5 Å². The summed E-state index contributed by atoms with van der Waals surface area (Å²) in [6.07, 6.45) is -0.348. The number of rotatable bonds is 14. The molecule has 2 atom stereocenters. The van der Waals surface area contributed by atoms with Crippen molar-refractivity contribution in [1.82, 2.24) is 4.90 Å². The Bertz CT molecular complexity index is 970. The molecule has 0 radical (unpaired) electrons. The summed E-state index contributed by atoms with van der Waals surface area (Å²) >= 11 is 6.02. The summed E-state index contributed by atoms with van der Waals surface area (Å²) < 4.78 is 5.13. The Morgan fingerprint density at radius 2 is 1.91 bits per heavy atom. The van der Waals surface area contributed by atoms with E-state index in [0.717, 1.165) is 5.56 Å². The number of aliphatic carboxylic acids is 1. The molecule has 0 aliphatic heterocycles. The van der Waals surface area contributed by atoms with Crippen LogP contribution in [0.5, 0.6) is 5.75 Å². The van der Waals surface area contributed by atoms with Crippen molar-refractivity contribution in [2.24, 2.45) is 0 Å². The van der Waals surface area contributed by atoms with Gasteiger partial charge in [0.25, 0.3) is 5.09 Å². The number of benzene rings is 2. The minimum atomic E-state index is -1.08. The van der Waals surface area contributed by atoms with Crippen LogP contribution in [0.4, 0.5) is 0 Å². The lowest BCUT2D eigenvalue weighted by atomic mass is 10.0. The molecule has 0 spiro atoms. The lowest BCUT2D eigenvalue weighted by Crippen LogP contribution is -2.42. The van der Waals surface area contributed by atoms with Gasteiger partial charge in [-0.1, -0.05) is 35.9 Å². The fourth-order valence-electron chi connectivity index (χ4n) is 3.36. The highest BCUT2D eigenvalue weighted by atomic mass is 35.5. The fraction of sp³-hybridized carbons (Fsp3) is 0.391. The molecule has 11 heteroatoms. The monoisotopic (exact) mass is 494 g/mol. The summed E-state index contributed by atoms with van der Waals surface area (Å²) in [5, 5.41) is 29.3. The number of carboxylic acid groups (broad SMARTS) is 1. The number of nitrogens with zero attached hydrogens (tertiary/aromatic N) is 2. The Labute approximate surface area is 201 Å². The van der Waals surface area contributed by atoms with Crippen molar-refractivity contribution in [2.45, 2.75) is 38.3 Å². The van der Waals surface area contributed by atoms with E-state index in [-0.39, 0.29) is 37.9 Å². The van der Waals surface area contributed by atoms with Crippen LogP contribution >= 0.6 is 11.6 Å². The van der Waals surface area contributed by atoms with E-state index < -0.39 is 23.8 Å². The third-order valence-electron chi connectivity index (χ3n) is 5.00. The quantitative estimate of drug-likeness (QED) is 0.231. The summed E-state index contributed by atoms with van der Waals surface area (Å²) in [6.45, 7) is 1.20. The second-order valence-electron chi connectivity index (χ2n) is 7.66. The highest BCUT2D eigenvalue weighted by molar-refractivity contribution is 6.30. The summed E-state index contributed by atoms with van der Waals surface area (Å²) in [7, 11) is 0. The third-order valence-corrected chi connectivity index (χ3v) is 5.24. The average molecular weight is 495 g/mol. The molecule has 0 aromatic heterocycles. The van der Waals surface area contributed by atoms with Crippen LogP contribution in [0.3, 0.4) is 0 Å². The molecule has 2 N–H and O–H groups in total. The van der Waals surface area contributed by atoms with Gasteiger partial charge in [-0.15, -0.1) is 10.1 Å². The van der Waals surface area contributed by atoms with Gasteiger partial charge < -0.3 is 24.7 Å². The van der Waals surface area contributed by atoms with Crippen molar-refractivity contribution in [3.63, 3.8) is 0 Å². The van der Waals surface area contributed by atoms with Crippen LogP contribution in [-0.2, 0) is 20.8 Å². The standard InChI is InChI=1S/C23H27ClN2O8/c1-16(12-17-7-9-20(10-8-17)33-15-23(29)30)25(22(28)6-3-11-34-26(31)32)14-21(27)18-4-2-5-19(24)13-18/h2,4-5,7-10,13,16,21,27H,3,6,11-12,14-15H2,1H3,(H,29,30). The molecule has 0 bridgehead atoms. The van der Waals surface area contributed by atoms with Crippen molar-refractivity contribution in [3.05, 3.63) is 74.8 Å². The van der Waals surface area contributed by atoms with Gasteiger partial charge in [-0.3, -0.25) is 4.79 Å². The highest BCUT2D eigenvalue weighted by Gasteiger charge is 2.24. The van der Waals surface area contributed by atoms with Gasteiger partial charge in [0.1, 0.15) is 5.75 Å². The maximum atomic E-state index is 12.9. The van der Waals surface area contributed by atoms with Crippen molar-refractivity contribution >= 4 is 23.5 Å². The number of hydrogen-bond acceptors (Lipinski definition) is 7. The van der Waals surface area contributed by atoms with E-state index in [1.807, 2.05) is 6.92 Å². The lowest BCUT2D eigenvalue weighted by molar-refractivity contribution is -0.757. The summed E-state index contributed by atoms with van der Waals surface area (Å²) in [4.78, 5) is 39.7. The topological polar surface area (TPSA) is 139 Å². The number of carbonyl (C=O) groups is 2. The normalized spacial score (nSPS) is 12.4. The van der Waals surface area contributed by atoms with Crippen LogP contribution in [0.15, 0.2) is 48.5 Å². The molecule has 2 aromatic carbocycles. The molecule has 1 amide bonds. The number of amides is 1. The molecule has 34 heavy (non-hydrogen) atoms. The minimum absolute atomic E-state index is 0.0102. The van der Waals surface area contributed by atoms with Crippen LogP contribution in [-0.4, -0.2) is 57.9 Å². The Balaban J connectivity index is 2.09. The number of halogens is 1. The molecule has 0 saturated carbocycles. The SMILES string of the molecule is CC(Cc1ccc(OCC(=O)O)cc1)N(CC(O)c1cccc(Cl)c1)C(=O)CCCO[N+](=O)[O-]. The van der Waals surface area contributed by atoms with E-state index >= 15 is 0 Å². The van der Waals surface area contributed by atoms with E-state index in [1.54, 1.807) is 48.5 Å². The molecule has 2 aromatic rings. The zero-order chi connectivity index (χ0) is 25.1. The largest absolute Gasteiger partial charge is 0.482 e. The summed E-state index contributed by atoms with van der Waals surface area (Å²) in [5.74, 6) is -0.940. The van der Waals surface area contributed by atoms with Gasteiger partial charge in [0.2, 0.25) is 5.91 Å². The summed E-state index contributed by atoms with van der Waals surface area (Å²) in [5.41, 5.74) is 1.44. The molecule has 0 fully saturated rings. The Morgan fingerprint density at radius 3 is 2.53 bits per heavy atom. The Kier molecular flexibility index (Phi) is 10.6. The van der Waals surface area contributed by atoms with E-state index in [4.69, 9.17) is 21.4 Å². The van der Waals surface area contributed by atoms with Crippen molar-refractivity contribution in [3.8, 4) is 5.75 Å². The van der Waals surface area contributed by atoms with Crippen LogP contribution in [0.25, 0.3) is 0 Å². The number of hydrogen-bond donors (Lipinski definition) is 2. The van der Waals surface area contributed by atoms with Crippen LogP contribution < -0.4 is 4.74 Å².